The van der Waals surface area contributed by atoms with Crippen molar-refractivity contribution in [3.8, 4) is 11.8 Å². The molecule has 1 aliphatic rings. The Balaban J connectivity index is 1.66. The maximum Gasteiger partial charge on any atom is 0.259 e. The van der Waals surface area contributed by atoms with Crippen LogP contribution in [0.25, 0.3) is 0 Å². The Hall–Kier alpha value is -2.64. The van der Waals surface area contributed by atoms with Gasteiger partial charge < -0.3 is 18.9 Å². The zero-order chi connectivity index (χ0) is 17.1. The molecule has 0 aliphatic carbocycles. The molecule has 128 valence electrons. The van der Waals surface area contributed by atoms with Gasteiger partial charge in [-0.3, -0.25) is 4.79 Å². The van der Waals surface area contributed by atoms with E-state index in [1.807, 2.05) is 0 Å². The fourth-order valence-corrected chi connectivity index (χ4v) is 2.82. The summed E-state index contributed by atoms with van der Waals surface area (Å²) in [6.45, 7) is 4.71. The molecule has 1 aliphatic heterocycles. The minimum absolute atomic E-state index is 0.0691. The highest BCUT2D eigenvalue weighted by Gasteiger charge is 2.29. The van der Waals surface area contributed by atoms with Crippen molar-refractivity contribution in [2.75, 3.05) is 20.2 Å². The summed E-state index contributed by atoms with van der Waals surface area (Å²) < 4.78 is 15.9. The van der Waals surface area contributed by atoms with Crippen molar-refractivity contribution in [1.29, 1.82) is 0 Å². The molecule has 2 aromatic rings. The van der Waals surface area contributed by atoms with Crippen molar-refractivity contribution >= 4 is 5.91 Å². The first-order chi connectivity index (χ1) is 11.6. The Morgan fingerprint density at radius 3 is 2.67 bits per heavy atom. The molecule has 3 heterocycles. The van der Waals surface area contributed by atoms with Gasteiger partial charge in [-0.25, -0.2) is 0 Å². The van der Waals surface area contributed by atoms with Crippen LogP contribution in [0.2, 0.25) is 0 Å². The van der Waals surface area contributed by atoms with Crippen molar-refractivity contribution in [2.24, 2.45) is 0 Å². The number of aryl methyl sites for hydroxylation is 2. The van der Waals surface area contributed by atoms with Gasteiger partial charge in [0.05, 0.1) is 19.3 Å². The fourth-order valence-electron chi connectivity index (χ4n) is 2.82. The Labute approximate surface area is 139 Å². The van der Waals surface area contributed by atoms with E-state index in [0.29, 0.717) is 41.9 Å². The average Bonchev–Trinajstić information content (AvgIpc) is 2.94. The number of nitrogens with zero attached hydrogens (tertiary/aromatic N) is 4. The smallest absolute Gasteiger partial charge is 0.259 e. The van der Waals surface area contributed by atoms with Crippen LogP contribution in [0.1, 0.15) is 34.7 Å². The van der Waals surface area contributed by atoms with Gasteiger partial charge in [-0.2, -0.15) is 0 Å². The van der Waals surface area contributed by atoms with Crippen LogP contribution in [0.15, 0.2) is 16.7 Å². The zero-order valence-electron chi connectivity index (χ0n) is 14.0. The molecule has 0 radical (unpaired) electrons. The van der Waals surface area contributed by atoms with Crippen LogP contribution < -0.4 is 9.47 Å². The van der Waals surface area contributed by atoms with E-state index in [0.717, 1.165) is 12.8 Å². The van der Waals surface area contributed by atoms with Crippen molar-refractivity contribution < 1.29 is 18.8 Å². The van der Waals surface area contributed by atoms with Crippen LogP contribution in [0, 0.1) is 13.8 Å². The highest BCUT2D eigenvalue weighted by molar-refractivity contribution is 5.96. The largest absolute Gasteiger partial charge is 0.480 e. The molecule has 8 nitrogen and oxygen atoms in total. The highest BCUT2D eigenvalue weighted by Crippen LogP contribution is 2.21. The molecule has 0 aromatic carbocycles. The predicted molar refractivity (Wildman–Crippen MR) is 84.1 cm³/mol. The second kappa shape index (κ2) is 6.86. The van der Waals surface area contributed by atoms with Gasteiger partial charge in [-0.1, -0.05) is 5.16 Å². The number of aromatic nitrogens is 3. The molecule has 0 N–H and O–H groups in total. The molecule has 0 spiro atoms. The fraction of sp³-hybridized carbons (Fsp3) is 0.500. The van der Waals surface area contributed by atoms with E-state index in [-0.39, 0.29) is 12.0 Å². The second-order valence-electron chi connectivity index (χ2n) is 5.75. The molecule has 1 saturated heterocycles. The molecule has 1 atom stereocenters. The number of ether oxygens (including phenoxy) is 2. The lowest BCUT2D eigenvalue weighted by atomic mass is 10.1. The molecule has 1 fully saturated rings. The average molecular weight is 332 g/mol. The lowest BCUT2D eigenvalue weighted by Crippen LogP contribution is -2.44. The minimum atomic E-state index is -0.120. The Morgan fingerprint density at radius 2 is 2.04 bits per heavy atom. The van der Waals surface area contributed by atoms with Gasteiger partial charge in [0, 0.05) is 18.7 Å². The van der Waals surface area contributed by atoms with E-state index in [1.54, 1.807) is 30.9 Å². The number of hydrogen-bond acceptors (Lipinski definition) is 7. The lowest BCUT2D eigenvalue weighted by molar-refractivity contribution is 0.0523. The lowest BCUT2D eigenvalue weighted by Gasteiger charge is -2.32. The third-order valence-corrected chi connectivity index (χ3v) is 4.02. The third kappa shape index (κ3) is 3.32. The van der Waals surface area contributed by atoms with E-state index in [9.17, 15) is 4.79 Å². The van der Waals surface area contributed by atoms with E-state index >= 15 is 0 Å². The molecule has 24 heavy (non-hydrogen) atoms. The summed E-state index contributed by atoms with van der Waals surface area (Å²) in [5.41, 5.74) is 1.15. The first-order valence-electron chi connectivity index (χ1n) is 7.85. The summed E-state index contributed by atoms with van der Waals surface area (Å²) in [6, 6.07) is 3.40. The van der Waals surface area contributed by atoms with Gasteiger partial charge >= 0.3 is 0 Å². The van der Waals surface area contributed by atoms with Crippen LogP contribution in [-0.2, 0) is 0 Å². The Morgan fingerprint density at radius 1 is 1.29 bits per heavy atom. The molecule has 1 unspecified atom stereocenters. The van der Waals surface area contributed by atoms with Crippen molar-refractivity contribution in [1.82, 2.24) is 20.3 Å². The third-order valence-electron chi connectivity index (χ3n) is 4.02. The van der Waals surface area contributed by atoms with Crippen LogP contribution in [0.3, 0.4) is 0 Å². The summed E-state index contributed by atoms with van der Waals surface area (Å²) in [7, 11) is 1.53. The van der Waals surface area contributed by atoms with Crippen molar-refractivity contribution in [3.05, 3.63) is 29.2 Å². The summed E-state index contributed by atoms with van der Waals surface area (Å²) in [5, 5.41) is 11.7. The van der Waals surface area contributed by atoms with Gasteiger partial charge in [0.15, 0.2) is 0 Å². The first kappa shape index (κ1) is 16.2. The number of carbonyl (C=O) groups is 1. The summed E-state index contributed by atoms with van der Waals surface area (Å²) in [5.74, 6) is 1.33. The maximum absolute atomic E-state index is 12.7. The summed E-state index contributed by atoms with van der Waals surface area (Å²) >= 11 is 0. The van der Waals surface area contributed by atoms with E-state index < -0.39 is 0 Å². The van der Waals surface area contributed by atoms with Gasteiger partial charge in [0.2, 0.25) is 11.8 Å². The molecule has 0 bridgehead atoms. The molecular formula is C16H20N4O4. The number of likely N-dealkylation sites (tertiary alicyclic amines) is 1. The van der Waals surface area contributed by atoms with Crippen LogP contribution in [0.4, 0.5) is 0 Å². The van der Waals surface area contributed by atoms with Gasteiger partial charge in [-0.05, 0) is 26.7 Å². The number of amides is 1. The van der Waals surface area contributed by atoms with E-state index in [4.69, 9.17) is 14.0 Å². The zero-order valence-corrected chi connectivity index (χ0v) is 14.0. The first-order valence-corrected chi connectivity index (χ1v) is 7.85. The van der Waals surface area contributed by atoms with Gasteiger partial charge in [0.1, 0.15) is 17.4 Å². The molecule has 8 heteroatoms. The number of piperidine rings is 1. The maximum atomic E-state index is 12.7. The standard InChI is InChI=1S/C16H20N4O4/c1-10-15(11(2)24-19-10)16(21)20-8-4-5-12(9-20)23-14-7-6-13(22-3)17-18-14/h6-7,12H,4-5,8-9H2,1-3H3. The number of rotatable bonds is 4. The Bertz CT molecular complexity index is 694. The monoisotopic (exact) mass is 332 g/mol. The molecular weight excluding hydrogens is 312 g/mol. The van der Waals surface area contributed by atoms with Crippen LogP contribution in [0.5, 0.6) is 11.8 Å². The topological polar surface area (TPSA) is 90.6 Å². The van der Waals surface area contributed by atoms with E-state index in [2.05, 4.69) is 15.4 Å². The molecule has 3 rings (SSSR count). The molecule has 2 aromatic heterocycles. The molecule has 1 amide bonds. The number of carbonyl (C=O) groups excluding carboxylic acids is 1. The number of hydrogen-bond donors (Lipinski definition) is 0. The molecule has 0 saturated carbocycles. The van der Waals surface area contributed by atoms with Gasteiger partial charge in [0.25, 0.3) is 5.91 Å². The highest BCUT2D eigenvalue weighted by atomic mass is 16.5. The van der Waals surface area contributed by atoms with Crippen molar-refractivity contribution in [2.45, 2.75) is 32.8 Å². The van der Waals surface area contributed by atoms with Crippen molar-refractivity contribution in [3.63, 3.8) is 0 Å². The van der Waals surface area contributed by atoms with E-state index in [1.165, 1.54) is 7.11 Å². The second-order valence-corrected chi connectivity index (χ2v) is 5.75. The Kier molecular flexibility index (Phi) is 4.64. The quantitative estimate of drug-likeness (QED) is 0.842. The SMILES string of the molecule is COc1ccc(OC2CCCN(C(=O)c3c(C)noc3C)C2)nn1. The number of methoxy groups -OCH3 is 1. The summed E-state index contributed by atoms with van der Waals surface area (Å²) in [4.78, 5) is 14.5. The van der Waals surface area contributed by atoms with Crippen LogP contribution in [-0.4, -0.2) is 52.5 Å². The normalized spacial score (nSPS) is 17.6. The minimum Gasteiger partial charge on any atom is -0.480 e. The summed E-state index contributed by atoms with van der Waals surface area (Å²) in [6.07, 6.45) is 1.61. The van der Waals surface area contributed by atoms with Gasteiger partial charge in [-0.15, -0.1) is 10.2 Å². The van der Waals surface area contributed by atoms with Crippen LogP contribution >= 0.6 is 0 Å². The predicted octanol–water partition coefficient (Wildman–Crippen LogP) is 1.77.